The molecule has 0 unspecified atom stereocenters. The first kappa shape index (κ1) is 22.0. The van der Waals surface area contributed by atoms with Crippen LogP contribution in [0, 0.1) is 0 Å². The molecule has 0 bridgehead atoms. The lowest BCUT2D eigenvalue weighted by Crippen LogP contribution is -2.42. The van der Waals surface area contributed by atoms with E-state index in [9.17, 15) is 0 Å². The Bertz CT molecular complexity index is 1120. The number of hydrogen-bond acceptors (Lipinski definition) is 3. The van der Waals surface area contributed by atoms with Crippen LogP contribution in [0.15, 0.2) is 85.1 Å². The van der Waals surface area contributed by atoms with Gasteiger partial charge in [0.05, 0.1) is 6.61 Å². The molecule has 2 N–H and O–H groups in total. The minimum Gasteiger partial charge on any atom is -0.490 e. The van der Waals surface area contributed by atoms with Crippen LogP contribution in [0.25, 0.3) is 10.9 Å². The second kappa shape index (κ2) is 10.4. The summed E-state index contributed by atoms with van der Waals surface area (Å²) in [6.45, 7) is 6.57. The Labute approximate surface area is 190 Å². The summed E-state index contributed by atoms with van der Waals surface area (Å²) in [6.07, 6.45) is 4.02. The number of nitrogens with one attached hydrogen (secondary N) is 2. The second-order valence-electron chi connectivity index (χ2n) is 8.77. The summed E-state index contributed by atoms with van der Waals surface area (Å²) in [5, 5.41) is 4.99. The number of aromatic nitrogens is 1. The van der Waals surface area contributed by atoms with E-state index in [1.165, 1.54) is 16.5 Å². The van der Waals surface area contributed by atoms with Crippen molar-refractivity contribution in [1.29, 1.82) is 0 Å². The number of hydrogen-bond donors (Lipinski definition) is 2. The Hall–Kier alpha value is -3.24. The van der Waals surface area contributed by atoms with Crippen LogP contribution in [0.1, 0.15) is 31.4 Å². The van der Waals surface area contributed by atoms with Crippen molar-refractivity contribution in [3.05, 3.63) is 96.2 Å². The lowest BCUT2D eigenvalue weighted by Gasteiger charge is -2.26. The first-order valence-corrected chi connectivity index (χ1v) is 11.3. The van der Waals surface area contributed by atoms with Gasteiger partial charge in [-0.2, -0.15) is 0 Å². The molecule has 0 aliphatic heterocycles. The predicted octanol–water partition coefficient (Wildman–Crippen LogP) is 6.13. The van der Waals surface area contributed by atoms with E-state index in [1.807, 2.05) is 42.5 Å². The normalized spacial score (nSPS) is 11.6. The van der Waals surface area contributed by atoms with Crippen LogP contribution in [0.2, 0.25) is 0 Å². The van der Waals surface area contributed by atoms with Crippen molar-refractivity contribution < 1.29 is 9.47 Å². The largest absolute Gasteiger partial charge is 0.490 e. The second-order valence-corrected chi connectivity index (χ2v) is 8.77. The summed E-state index contributed by atoms with van der Waals surface area (Å²) in [5.41, 5.74) is 3.68. The fraction of sp³-hybridized carbons (Fsp3) is 0.286. The SMILES string of the molecule is CC(C)(Cc1c[nH]c2ccccc12)NCCCOc1ccccc1OCc1ccccc1. The molecule has 0 saturated carbocycles. The van der Waals surface area contributed by atoms with Gasteiger partial charge in [-0.15, -0.1) is 0 Å². The zero-order valence-corrected chi connectivity index (χ0v) is 18.9. The Kier molecular flexibility index (Phi) is 7.13. The Balaban J connectivity index is 1.23. The molecule has 4 nitrogen and oxygen atoms in total. The molecule has 0 fully saturated rings. The zero-order chi connectivity index (χ0) is 22.2. The molecule has 4 heteroatoms. The predicted molar refractivity (Wildman–Crippen MR) is 131 cm³/mol. The molecule has 32 heavy (non-hydrogen) atoms. The van der Waals surface area contributed by atoms with Crippen molar-refractivity contribution in [2.45, 2.75) is 38.8 Å². The van der Waals surface area contributed by atoms with Gasteiger partial charge in [0.25, 0.3) is 0 Å². The van der Waals surface area contributed by atoms with E-state index in [0.29, 0.717) is 13.2 Å². The molecule has 0 saturated heterocycles. The van der Waals surface area contributed by atoms with E-state index in [-0.39, 0.29) is 5.54 Å². The van der Waals surface area contributed by atoms with E-state index in [4.69, 9.17) is 9.47 Å². The van der Waals surface area contributed by atoms with Gasteiger partial charge in [0, 0.05) is 22.6 Å². The van der Waals surface area contributed by atoms with Crippen molar-refractivity contribution >= 4 is 10.9 Å². The number of ether oxygens (including phenoxy) is 2. The van der Waals surface area contributed by atoms with Crippen LogP contribution in [0.4, 0.5) is 0 Å². The van der Waals surface area contributed by atoms with Gasteiger partial charge in [-0.3, -0.25) is 0 Å². The molecular formula is C28H32N2O2. The van der Waals surface area contributed by atoms with Gasteiger partial charge in [-0.25, -0.2) is 0 Å². The van der Waals surface area contributed by atoms with E-state index in [0.717, 1.165) is 36.4 Å². The van der Waals surface area contributed by atoms with Gasteiger partial charge in [0.1, 0.15) is 6.61 Å². The Morgan fingerprint density at radius 2 is 1.50 bits per heavy atom. The third-order valence-corrected chi connectivity index (χ3v) is 5.58. The lowest BCUT2D eigenvalue weighted by molar-refractivity contribution is 0.255. The maximum absolute atomic E-state index is 6.03. The smallest absolute Gasteiger partial charge is 0.161 e. The summed E-state index contributed by atoms with van der Waals surface area (Å²) in [6, 6.07) is 26.5. The molecule has 0 atom stereocenters. The van der Waals surface area contributed by atoms with Crippen molar-refractivity contribution in [3.63, 3.8) is 0 Å². The standard InChI is InChI=1S/C28H32N2O2/c1-28(2,19-23-20-29-25-14-7-6-13-24(23)25)30-17-10-18-31-26-15-8-9-16-27(26)32-21-22-11-4-3-5-12-22/h3-9,11-16,20,29-30H,10,17-19,21H2,1-2H3. The minimum atomic E-state index is 0.00165. The molecule has 0 aliphatic carbocycles. The summed E-state index contributed by atoms with van der Waals surface area (Å²) in [4.78, 5) is 3.37. The molecule has 166 valence electrons. The zero-order valence-electron chi connectivity index (χ0n) is 18.9. The van der Waals surface area contributed by atoms with Crippen LogP contribution < -0.4 is 14.8 Å². The van der Waals surface area contributed by atoms with Gasteiger partial charge in [0.2, 0.25) is 0 Å². The fourth-order valence-corrected chi connectivity index (χ4v) is 3.92. The van der Waals surface area contributed by atoms with Crippen molar-refractivity contribution in [1.82, 2.24) is 10.3 Å². The average molecular weight is 429 g/mol. The van der Waals surface area contributed by atoms with Gasteiger partial charge in [0.15, 0.2) is 11.5 Å². The molecule has 0 spiro atoms. The molecule has 3 aromatic carbocycles. The van der Waals surface area contributed by atoms with E-state index in [2.05, 4.69) is 66.7 Å². The van der Waals surface area contributed by atoms with E-state index >= 15 is 0 Å². The van der Waals surface area contributed by atoms with Crippen molar-refractivity contribution in [2.24, 2.45) is 0 Å². The molecule has 1 aromatic heterocycles. The van der Waals surface area contributed by atoms with Crippen molar-refractivity contribution in [3.8, 4) is 11.5 Å². The number of aromatic amines is 1. The van der Waals surface area contributed by atoms with E-state index in [1.54, 1.807) is 0 Å². The fourth-order valence-electron chi connectivity index (χ4n) is 3.92. The molecule has 0 radical (unpaired) electrons. The summed E-state index contributed by atoms with van der Waals surface area (Å²) in [5.74, 6) is 1.57. The van der Waals surface area contributed by atoms with Crippen LogP contribution in [0.5, 0.6) is 11.5 Å². The maximum atomic E-state index is 6.03. The first-order valence-electron chi connectivity index (χ1n) is 11.3. The number of fused-ring (bicyclic) bond motifs is 1. The monoisotopic (exact) mass is 428 g/mol. The number of H-pyrrole nitrogens is 1. The average Bonchev–Trinajstić information content (AvgIpc) is 3.21. The van der Waals surface area contributed by atoms with Gasteiger partial charge in [-0.1, -0.05) is 60.7 Å². The molecule has 4 aromatic rings. The van der Waals surface area contributed by atoms with Gasteiger partial charge >= 0.3 is 0 Å². The quantitative estimate of drug-likeness (QED) is 0.283. The third-order valence-electron chi connectivity index (χ3n) is 5.58. The highest BCUT2D eigenvalue weighted by atomic mass is 16.5. The highest BCUT2D eigenvalue weighted by Gasteiger charge is 2.19. The Morgan fingerprint density at radius 1 is 0.812 bits per heavy atom. The third kappa shape index (κ3) is 5.92. The van der Waals surface area contributed by atoms with Gasteiger partial charge < -0.3 is 19.8 Å². The van der Waals surface area contributed by atoms with Crippen LogP contribution in [0.3, 0.4) is 0 Å². The summed E-state index contributed by atoms with van der Waals surface area (Å²) in [7, 11) is 0. The molecular weight excluding hydrogens is 396 g/mol. The Morgan fingerprint density at radius 3 is 2.31 bits per heavy atom. The van der Waals surface area contributed by atoms with Crippen LogP contribution in [-0.2, 0) is 13.0 Å². The van der Waals surface area contributed by atoms with E-state index < -0.39 is 0 Å². The lowest BCUT2D eigenvalue weighted by atomic mass is 9.94. The maximum Gasteiger partial charge on any atom is 0.161 e. The van der Waals surface area contributed by atoms with Gasteiger partial charge in [-0.05, 0) is 62.6 Å². The topological polar surface area (TPSA) is 46.3 Å². The van der Waals surface area contributed by atoms with Crippen molar-refractivity contribution in [2.75, 3.05) is 13.2 Å². The van der Waals surface area contributed by atoms with Crippen LogP contribution >= 0.6 is 0 Å². The minimum absolute atomic E-state index is 0.00165. The number of benzene rings is 3. The highest BCUT2D eigenvalue weighted by molar-refractivity contribution is 5.83. The van der Waals surface area contributed by atoms with Crippen LogP contribution in [-0.4, -0.2) is 23.7 Å². The summed E-state index contributed by atoms with van der Waals surface area (Å²) < 4.78 is 12.0. The summed E-state index contributed by atoms with van der Waals surface area (Å²) >= 11 is 0. The molecule has 0 amide bonds. The molecule has 1 heterocycles. The molecule has 0 aliphatic rings. The first-order chi connectivity index (χ1) is 15.6. The number of rotatable bonds is 11. The molecule has 4 rings (SSSR count). The highest BCUT2D eigenvalue weighted by Crippen LogP contribution is 2.27. The number of para-hydroxylation sites is 3.